The van der Waals surface area contributed by atoms with Gasteiger partial charge in [-0.3, -0.25) is 4.79 Å². The number of aryl methyl sites for hydroxylation is 1. The summed E-state index contributed by atoms with van der Waals surface area (Å²) in [5, 5.41) is 3.01. The van der Waals surface area contributed by atoms with Gasteiger partial charge in [-0.2, -0.15) is 0 Å². The molecule has 0 atom stereocenters. The second-order valence-corrected chi connectivity index (χ2v) is 7.82. The molecule has 1 heterocycles. The molecule has 0 radical (unpaired) electrons. The van der Waals surface area contributed by atoms with Crippen molar-refractivity contribution in [1.29, 1.82) is 0 Å². The minimum absolute atomic E-state index is 0.182. The summed E-state index contributed by atoms with van der Waals surface area (Å²) >= 11 is 1.62. The fraction of sp³-hybridized carbons (Fsp3) is 0.500. The first-order valence-corrected chi connectivity index (χ1v) is 9.75. The second-order valence-electron chi connectivity index (χ2n) is 6.97. The number of carbonyl (C=O) groups is 1. The maximum atomic E-state index is 12.5. The number of hydrogen-bond donors (Lipinski definition) is 0. The van der Waals surface area contributed by atoms with E-state index in [4.69, 9.17) is 0 Å². The number of aromatic nitrogens is 1. The first-order chi connectivity index (χ1) is 11.6. The van der Waals surface area contributed by atoms with Gasteiger partial charge >= 0.3 is 0 Å². The van der Waals surface area contributed by atoms with E-state index in [0.717, 1.165) is 22.8 Å². The molecule has 24 heavy (non-hydrogen) atoms. The Morgan fingerprint density at radius 3 is 2.62 bits per heavy atom. The Kier molecular flexibility index (Phi) is 5.67. The highest BCUT2D eigenvalue weighted by molar-refractivity contribution is 7.13. The van der Waals surface area contributed by atoms with Crippen LogP contribution in [0, 0.1) is 12.8 Å². The van der Waals surface area contributed by atoms with E-state index < -0.39 is 0 Å². The fourth-order valence-corrected chi connectivity index (χ4v) is 4.19. The summed E-state index contributed by atoms with van der Waals surface area (Å²) in [7, 11) is 1.93. The van der Waals surface area contributed by atoms with Crippen LogP contribution in [0.3, 0.4) is 0 Å². The molecule has 3 nitrogen and oxygen atoms in total. The molecule has 128 valence electrons. The normalized spacial score (nSPS) is 15.4. The van der Waals surface area contributed by atoms with Gasteiger partial charge in [-0.05, 0) is 25.7 Å². The molecule has 1 amide bonds. The number of thiazole rings is 1. The molecular weight excluding hydrogens is 316 g/mol. The Morgan fingerprint density at radius 1 is 1.21 bits per heavy atom. The Balaban J connectivity index is 1.57. The predicted molar refractivity (Wildman–Crippen MR) is 100 cm³/mol. The van der Waals surface area contributed by atoms with Crippen LogP contribution in [0.2, 0.25) is 0 Å². The van der Waals surface area contributed by atoms with Crippen LogP contribution in [0.25, 0.3) is 10.6 Å². The van der Waals surface area contributed by atoms with Crippen LogP contribution < -0.4 is 0 Å². The second kappa shape index (κ2) is 7.93. The molecule has 1 aliphatic rings. The van der Waals surface area contributed by atoms with Gasteiger partial charge in [-0.15, -0.1) is 11.3 Å². The highest BCUT2D eigenvalue weighted by Gasteiger charge is 2.19. The SMILES string of the molecule is Cc1ccc(-c2nc(CC(=O)N(C)CC3CCCCC3)cs2)cc1. The molecule has 1 aromatic heterocycles. The summed E-state index contributed by atoms with van der Waals surface area (Å²) in [5.41, 5.74) is 3.26. The number of nitrogens with zero attached hydrogens (tertiary/aromatic N) is 2. The van der Waals surface area contributed by atoms with Gasteiger partial charge in [0.25, 0.3) is 0 Å². The molecule has 0 unspecified atom stereocenters. The summed E-state index contributed by atoms with van der Waals surface area (Å²) in [6, 6.07) is 8.38. The summed E-state index contributed by atoms with van der Waals surface area (Å²) in [5.74, 6) is 0.868. The van der Waals surface area contributed by atoms with E-state index in [0.29, 0.717) is 12.3 Å². The Hall–Kier alpha value is -1.68. The largest absolute Gasteiger partial charge is 0.345 e. The third-order valence-electron chi connectivity index (χ3n) is 4.87. The highest BCUT2D eigenvalue weighted by atomic mass is 32.1. The lowest BCUT2D eigenvalue weighted by atomic mass is 9.89. The average Bonchev–Trinajstić information content (AvgIpc) is 3.05. The highest BCUT2D eigenvalue weighted by Crippen LogP contribution is 2.26. The van der Waals surface area contributed by atoms with Crippen LogP contribution in [0.5, 0.6) is 0 Å². The minimum Gasteiger partial charge on any atom is -0.345 e. The van der Waals surface area contributed by atoms with Gasteiger partial charge in [-0.25, -0.2) is 4.98 Å². The van der Waals surface area contributed by atoms with Crippen LogP contribution >= 0.6 is 11.3 Å². The third-order valence-corrected chi connectivity index (χ3v) is 5.81. The quantitative estimate of drug-likeness (QED) is 0.789. The van der Waals surface area contributed by atoms with Crippen molar-refractivity contribution in [2.45, 2.75) is 45.4 Å². The van der Waals surface area contributed by atoms with E-state index >= 15 is 0 Å². The van der Waals surface area contributed by atoms with E-state index in [1.54, 1.807) is 11.3 Å². The number of carbonyl (C=O) groups excluding carboxylic acids is 1. The van der Waals surface area contributed by atoms with E-state index in [1.807, 2.05) is 17.3 Å². The molecule has 3 rings (SSSR count). The van der Waals surface area contributed by atoms with Crippen molar-refractivity contribution in [3.05, 3.63) is 40.9 Å². The average molecular weight is 343 g/mol. The smallest absolute Gasteiger partial charge is 0.228 e. The third kappa shape index (κ3) is 4.44. The van der Waals surface area contributed by atoms with Crippen LogP contribution in [0.1, 0.15) is 43.4 Å². The number of rotatable bonds is 5. The van der Waals surface area contributed by atoms with Gasteiger partial charge in [0.1, 0.15) is 5.01 Å². The number of amides is 1. The van der Waals surface area contributed by atoms with Gasteiger partial charge in [0.15, 0.2) is 0 Å². The molecule has 1 fully saturated rings. The zero-order valence-electron chi connectivity index (χ0n) is 14.6. The van der Waals surface area contributed by atoms with E-state index in [1.165, 1.54) is 37.7 Å². The monoisotopic (exact) mass is 342 g/mol. The van der Waals surface area contributed by atoms with Crippen molar-refractivity contribution >= 4 is 17.2 Å². The molecule has 0 bridgehead atoms. The Labute approximate surface area is 148 Å². The molecular formula is C20H26N2OS. The zero-order chi connectivity index (χ0) is 16.9. The standard InChI is InChI=1S/C20H26N2OS/c1-15-8-10-17(11-9-15)20-21-18(14-24-20)12-19(23)22(2)13-16-6-4-3-5-7-16/h8-11,14,16H,3-7,12-13H2,1-2H3. The molecule has 0 aliphatic heterocycles. The lowest BCUT2D eigenvalue weighted by Crippen LogP contribution is -2.33. The molecule has 0 N–H and O–H groups in total. The van der Waals surface area contributed by atoms with Crippen molar-refractivity contribution in [3.8, 4) is 10.6 Å². The predicted octanol–water partition coefficient (Wildman–Crippen LogP) is 4.70. The maximum absolute atomic E-state index is 12.5. The van der Waals surface area contributed by atoms with Gasteiger partial charge in [-0.1, -0.05) is 49.1 Å². The molecule has 1 aliphatic carbocycles. The molecule has 0 spiro atoms. The van der Waals surface area contributed by atoms with Crippen molar-refractivity contribution < 1.29 is 4.79 Å². The Bertz CT molecular complexity index is 671. The maximum Gasteiger partial charge on any atom is 0.228 e. The van der Waals surface area contributed by atoms with Crippen molar-refractivity contribution in [2.24, 2.45) is 5.92 Å². The topological polar surface area (TPSA) is 33.2 Å². The lowest BCUT2D eigenvalue weighted by Gasteiger charge is -2.27. The number of hydrogen-bond acceptors (Lipinski definition) is 3. The van der Waals surface area contributed by atoms with E-state index in [2.05, 4.69) is 36.2 Å². The number of benzene rings is 1. The van der Waals surface area contributed by atoms with E-state index in [9.17, 15) is 4.79 Å². The van der Waals surface area contributed by atoms with Crippen LogP contribution in [-0.4, -0.2) is 29.4 Å². The van der Waals surface area contributed by atoms with Gasteiger partial charge in [0.05, 0.1) is 12.1 Å². The molecule has 1 aromatic carbocycles. The number of likely N-dealkylation sites (N-methyl/N-ethyl adjacent to an activating group) is 1. The summed E-state index contributed by atoms with van der Waals surface area (Å²) in [6.45, 7) is 2.98. The van der Waals surface area contributed by atoms with Crippen molar-refractivity contribution in [3.63, 3.8) is 0 Å². The molecule has 1 saturated carbocycles. The summed E-state index contributed by atoms with van der Waals surface area (Å²) < 4.78 is 0. The van der Waals surface area contributed by atoms with Crippen LogP contribution in [0.4, 0.5) is 0 Å². The van der Waals surface area contributed by atoms with Gasteiger partial charge in [0, 0.05) is 24.5 Å². The van der Waals surface area contributed by atoms with Crippen LogP contribution in [-0.2, 0) is 11.2 Å². The first-order valence-electron chi connectivity index (χ1n) is 8.87. The van der Waals surface area contributed by atoms with E-state index in [-0.39, 0.29) is 5.91 Å². The first kappa shape index (κ1) is 17.2. The summed E-state index contributed by atoms with van der Waals surface area (Å²) in [6.07, 6.45) is 6.94. The zero-order valence-corrected chi connectivity index (χ0v) is 15.4. The molecule has 4 heteroatoms. The van der Waals surface area contributed by atoms with Crippen molar-refractivity contribution in [2.75, 3.05) is 13.6 Å². The lowest BCUT2D eigenvalue weighted by molar-refractivity contribution is -0.129. The van der Waals surface area contributed by atoms with Crippen molar-refractivity contribution in [1.82, 2.24) is 9.88 Å². The van der Waals surface area contributed by atoms with Crippen LogP contribution in [0.15, 0.2) is 29.6 Å². The van der Waals surface area contributed by atoms with Gasteiger partial charge < -0.3 is 4.90 Å². The van der Waals surface area contributed by atoms with Gasteiger partial charge in [0.2, 0.25) is 5.91 Å². The Morgan fingerprint density at radius 2 is 1.92 bits per heavy atom. The summed E-state index contributed by atoms with van der Waals surface area (Å²) in [4.78, 5) is 19.0. The fourth-order valence-electron chi connectivity index (χ4n) is 3.37. The minimum atomic E-state index is 0.182. The molecule has 2 aromatic rings. The molecule has 0 saturated heterocycles.